The Kier molecular flexibility index (Phi) is 8.82. The van der Waals surface area contributed by atoms with E-state index in [4.69, 9.17) is 0 Å². The molecule has 2 aliphatic carbocycles. The van der Waals surface area contributed by atoms with Gasteiger partial charge in [-0.1, -0.05) is 74.4 Å². The smallest absolute Gasteiger partial charge is 0.126 e. The van der Waals surface area contributed by atoms with Crippen LogP contribution in [0.15, 0.2) is 60.7 Å². The standard InChI is InChI=1S/C32H43F/c1-3-4-6-11-30-20-21-31(23-32(30)33)29-18-16-28(17-19-29)27-14-12-25(13-15-27)22-24(2)26-9-7-5-8-10-26/h3-5,7-10,20-21,23-25,27-29H,6,11-19,22H2,1-2H3/b4-3+/t24-,25?,27?,28?,29?/m1/s1. The molecule has 0 unspecified atom stereocenters. The van der Waals surface area contributed by atoms with Gasteiger partial charge in [0.25, 0.3) is 0 Å². The summed E-state index contributed by atoms with van der Waals surface area (Å²) in [6.07, 6.45) is 18.1. The lowest BCUT2D eigenvalue weighted by Crippen LogP contribution is -2.26. The van der Waals surface area contributed by atoms with Crippen molar-refractivity contribution in [2.75, 3.05) is 0 Å². The van der Waals surface area contributed by atoms with E-state index in [9.17, 15) is 4.39 Å². The van der Waals surface area contributed by atoms with Crippen molar-refractivity contribution < 1.29 is 4.39 Å². The first-order valence-electron chi connectivity index (χ1n) is 13.6. The number of rotatable bonds is 8. The molecule has 2 saturated carbocycles. The Morgan fingerprint density at radius 2 is 1.55 bits per heavy atom. The number of allylic oxidation sites excluding steroid dienone is 2. The van der Waals surface area contributed by atoms with Gasteiger partial charge in [-0.25, -0.2) is 4.39 Å². The SMILES string of the molecule is C/C=C/CCc1ccc(C2CCC(C3CCC(C[C@@H](C)c4ccccc4)CC3)CC2)cc1F. The molecule has 1 heteroatoms. The predicted octanol–water partition coefficient (Wildman–Crippen LogP) is 9.61. The molecule has 0 spiro atoms. The lowest BCUT2D eigenvalue weighted by molar-refractivity contribution is 0.154. The Bertz CT molecular complexity index is 867. The van der Waals surface area contributed by atoms with Crippen molar-refractivity contribution in [3.05, 3.63) is 83.2 Å². The molecule has 2 aliphatic rings. The monoisotopic (exact) mass is 446 g/mol. The van der Waals surface area contributed by atoms with Gasteiger partial charge in [0.2, 0.25) is 0 Å². The van der Waals surface area contributed by atoms with Gasteiger partial charge in [-0.3, -0.25) is 0 Å². The molecule has 0 aliphatic heterocycles. The van der Waals surface area contributed by atoms with Crippen molar-refractivity contribution in [1.29, 1.82) is 0 Å². The number of aryl methyl sites for hydroxylation is 1. The maximum Gasteiger partial charge on any atom is 0.126 e. The van der Waals surface area contributed by atoms with Crippen molar-refractivity contribution in [2.24, 2.45) is 17.8 Å². The van der Waals surface area contributed by atoms with Gasteiger partial charge in [0.1, 0.15) is 5.82 Å². The van der Waals surface area contributed by atoms with E-state index in [1.165, 1.54) is 68.9 Å². The zero-order valence-electron chi connectivity index (χ0n) is 20.8. The summed E-state index contributed by atoms with van der Waals surface area (Å²) in [6.45, 7) is 4.42. The first-order chi connectivity index (χ1) is 16.1. The van der Waals surface area contributed by atoms with Crippen LogP contribution < -0.4 is 0 Å². The van der Waals surface area contributed by atoms with Crippen LogP contribution in [0.25, 0.3) is 0 Å². The van der Waals surface area contributed by atoms with Crippen molar-refractivity contribution in [3.8, 4) is 0 Å². The summed E-state index contributed by atoms with van der Waals surface area (Å²) < 4.78 is 14.6. The molecule has 1 atom stereocenters. The van der Waals surface area contributed by atoms with Crippen molar-refractivity contribution in [1.82, 2.24) is 0 Å². The predicted molar refractivity (Wildman–Crippen MR) is 139 cm³/mol. The van der Waals surface area contributed by atoms with Gasteiger partial charge in [0.05, 0.1) is 0 Å². The van der Waals surface area contributed by atoms with E-state index < -0.39 is 0 Å². The minimum Gasteiger partial charge on any atom is -0.207 e. The quantitative estimate of drug-likeness (QED) is 0.354. The van der Waals surface area contributed by atoms with Crippen LogP contribution in [0, 0.1) is 23.6 Å². The van der Waals surface area contributed by atoms with Crippen LogP contribution in [-0.2, 0) is 6.42 Å². The van der Waals surface area contributed by atoms with Crippen LogP contribution in [0.5, 0.6) is 0 Å². The number of benzene rings is 2. The third-order valence-corrected chi connectivity index (χ3v) is 8.75. The molecule has 2 aromatic rings. The lowest BCUT2D eigenvalue weighted by Gasteiger charge is -2.38. The summed E-state index contributed by atoms with van der Waals surface area (Å²) in [5.41, 5.74) is 3.60. The summed E-state index contributed by atoms with van der Waals surface area (Å²) >= 11 is 0. The molecule has 2 aromatic carbocycles. The van der Waals surface area contributed by atoms with Gasteiger partial charge in [-0.2, -0.15) is 0 Å². The molecule has 0 saturated heterocycles. The fourth-order valence-electron chi connectivity index (χ4n) is 6.66. The van der Waals surface area contributed by atoms with E-state index in [0.29, 0.717) is 11.8 Å². The van der Waals surface area contributed by atoms with Crippen molar-refractivity contribution >= 4 is 0 Å². The molecule has 0 bridgehead atoms. The van der Waals surface area contributed by atoms with Crippen LogP contribution in [0.4, 0.5) is 4.39 Å². The number of halogens is 1. The van der Waals surface area contributed by atoms with E-state index in [-0.39, 0.29) is 5.82 Å². The zero-order valence-corrected chi connectivity index (χ0v) is 20.8. The molecule has 0 heterocycles. The van der Waals surface area contributed by atoms with Crippen molar-refractivity contribution in [2.45, 2.75) is 96.3 Å². The third-order valence-electron chi connectivity index (χ3n) is 8.75. The van der Waals surface area contributed by atoms with E-state index >= 15 is 0 Å². The Balaban J connectivity index is 1.22. The Morgan fingerprint density at radius 1 is 0.879 bits per heavy atom. The van der Waals surface area contributed by atoms with Gasteiger partial charge in [0, 0.05) is 0 Å². The molecule has 33 heavy (non-hydrogen) atoms. The topological polar surface area (TPSA) is 0 Å². The van der Waals surface area contributed by atoms with Crippen LogP contribution in [-0.4, -0.2) is 0 Å². The highest BCUT2D eigenvalue weighted by atomic mass is 19.1. The fraction of sp³-hybridized carbons (Fsp3) is 0.562. The lowest BCUT2D eigenvalue weighted by atomic mass is 9.67. The molecular weight excluding hydrogens is 403 g/mol. The maximum absolute atomic E-state index is 14.6. The summed E-state index contributed by atoms with van der Waals surface area (Å²) in [4.78, 5) is 0. The van der Waals surface area contributed by atoms with Gasteiger partial charge in [-0.05, 0) is 117 Å². The number of hydrogen-bond acceptors (Lipinski definition) is 0. The molecular formula is C32H43F. The first-order valence-corrected chi connectivity index (χ1v) is 13.6. The van der Waals surface area contributed by atoms with Crippen LogP contribution in [0.3, 0.4) is 0 Å². The third kappa shape index (κ3) is 6.58. The van der Waals surface area contributed by atoms with Gasteiger partial charge >= 0.3 is 0 Å². The van der Waals surface area contributed by atoms with Gasteiger partial charge in [-0.15, -0.1) is 0 Å². The maximum atomic E-state index is 14.6. The van der Waals surface area contributed by atoms with E-state index in [1.54, 1.807) is 0 Å². The molecule has 0 nitrogen and oxygen atoms in total. The Labute approximate surface area is 201 Å². The summed E-state index contributed by atoms with van der Waals surface area (Å²) in [5.74, 6) is 3.98. The van der Waals surface area contributed by atoms with Crippen molar-refractivity contribution in [3.63, 3.8) is 0 Å². The Hall–Kier alpha value is -1.89. The largest absolute Gasteiger partial charge is 0.207 e. The molecule has 0 N–H and O–H groups in total. The van der Waals surface area contributed by atoms with Gasteiger partial charge < -0.3 is 0 Å². The molecule has 178 valence electrons. The molecule has 0 radical (unpaired) electrons. The first kappa shape index (κ1) is 24.2. The second-order valence-corrected chi connectivity index (χ2v) is 10.9. The van der Waals surface area contributed by atoms with Gasteiger partial charge in [0.15, 0.2) is 0 Å². The molecule has 0 amide bonds. The highest BCUT2D eigenvalue weighted by Gasteiger charge is 2.32. The summed E-state index contributed by atoms with van der Waals surface area (Å²) in [6, 6.07) is 17.1. The van der Waals surface area contributed by atoms with Crippen LogP contribution in [0.1, 0.15) is 107 Å². The van der Waals surface area contributed by atoms with Crippen LogP contribution >= 0.6 is 0 Å². The summed E-state index contributed by atoms with van der Waals surface area (Å²) in [7, 11) is 0. The normalized spacial score (nSPS) is 27.0. The highest BCUT2D eigenvalue weighted by Crippen LogP contribution is 2.45. The van der Waals surface area contributed by atoms with E-state index in [0.717, 1.165) is 36.2 Å². The number of hydrogen-bond donors (Lipinski definition) is 0. The second kappa shape index (κ2) is 12.0. The molecule has 4 rings (SSSR count). The zero-order chi connectivity index (χ0) is 23.0. The molecule has 0 aromatic heterocycles. The minimum absolute atomic E-state index is 0.00202. The highest BCUT2D eigenvalue weighted by molar-refractivity contribution is 5.28. The second-order valence-electron chi connectivity index (χ2n) is 10.9. The molecule has 2 fully saturated rings. The Morgan fingerprint density at radius 3 is 2.18 bits per heavy atom. The average molecular weight is 447 g/mol. The van der Waals surface area contributed by atoms with E-state index in [2.05, 4.69) is 49.4 Å². The van der Waals surface area contributed by atoms with E-state index in [1.807, 2.05) is 25.1 Å². The minimum atomic E-state index is 0.00202. The summed E-state index contributed by atoms with van der Waals surface area (Å²) in [5, 5.41) is 0. The fourth-order valence-corrected chi connectivity index (χ4v) is 6.66. The van der Waals surface area contributed by atoms with Crippen LogP contribution in [0.2, 0.25) is 0 Å². The average Bonchev–Trinajstić information content (AvgIpc) is 2.86.